The highest BCUT2D eigenvalue weighted by Gasteiger charge is 2.10. The molecule has 1 rings (SSSR count). The number of phenols is 1. The van der Waals surface area contributed by atoms with Gasteiger partial charge >= 0.3 is 0 Å². The highest BCUT2D eigenvalue weighted by atomic mass is 19.1. The lowest BCUT2D eigenvalue weighted by atomic mass is 10.1. The van der Waals surface area contributed by atoms with E-state index in [1.54, 1.807) is 6.07 Å². The van der Waals surface area contributed by atoms with Gasteiger partial charge in [0.2, 0.25) is 0 Å². The second-order valence-electron chi connectivity index (χ2n) is 4.76. The SMILES string of the molecule is CCN(CC)CCCNC(C)c1ccc(O)cc1F. The van der Waals surface area contributed by atoms with Crippen molar-refractivity contribution >= 4 is 0 Å². The number of phenolic OH excluding ortho intramolecular Hbond substituents is 1. The highest BCUT2D eigenvalue weighted by Crippen LogP contribution is 2.20. The van der Waals surface area contributed by atoms with Crippen LogP contribution < -0.4 is 5.32 Å². The van der Waals surface area contributed by atoms with Gasteiger partial charge in [0.15, 0.2) is 0 Å². The minimum Gasteiger partial charge on any atom is -0.508 e. The third-order valence-electron chi connectivity index (χ3n) is 3.45. The van der Waals surface area contributed by atoms with Crippen LogP contribution in [0.5, 0.6) is 5.75 Å². The van der Waals surface area contributed by atoms with Crippen LogP contribution >= 0.6 is 0 Å². The predicted molar refractivity (Wildman–Crippen MR) is 76.9 cm³/mol. The molecule has 2 N–H and O–H groups in total. The Balaban J connectivity index is 2.37. The molecular weight excluding hydrogens is 243 g/mol. The van der Waals surface area contributed by atoms with Crippen molar-refractivity contribution in [2.24, 2.45) is 0 Å². The van der Waals surface area contributed by atoms with Crippen molar-refractivity contribution in [1.82, 2.24) is 10.2 Å². The van der Waals surface area contributed by atoms with Gasteiger partial charge in [0, 0.05) is 17.7 Å². The van der Waals surface area contributed by atoms with Gasteiger partial charge in [-0.2, -0.15) is 0 Å². The Labute approximate surface area is 115 Å². The first-order chi connectivity index (χ1) is 9.08. The molecule has 108 valence electrons. The van der Waals surface area contributed by atoms with Crippen molar-refractivity contribution in [2.45, 2.75) is 33.2 Å². The van der Waals surface area contributed by atoms with Crippen molar-refractivity contribution in [3.8, 4) is 5.75 Å². The molecule has 0 aliphatic heterocycles. The molecule has 0 bridgehead atoms. The molecule has 1 aromatic carbocycles. The van der Waals surface area contributed by atoms with E-state index in [0.717, 1.165) is 38.7 Å². The fourth-order valence-corrected chi connectivity index (χ4v) is 2.14. The lowest BCUT2D eigenvalue weighted by molar-refractivity contribution is 0.296. The van der Waals surface area contributed by atoms with E-state index >= 15 is 0 Å². The maximum Gasteiger partial charge on any atom is 0.131 e. The van der Waals surface area contributed by atoms with Crippen LogP contribution in [-0.4, -0.2) is 36.2 Å². The molecule has 19 heavy (non-hydrogen) atoms. The molecule has 1 aromatic rings. The summed E-state index contributed by atoms with van der Waals surface area (Å²) in [4.78, 5) is 2.37. The zero-order valence-electron chi connectivity index (χ0n) is 12.1. The van der Waals surface area contributed by atoms with E-state index in [2.05, 4.69) is 24.1 Å². The largest absolute Gasteiger partial charge is 0.508 e. The molecule has 0 saturated heterocycles. The summed E-state index contributed by atoms with van der Waals surface area (Å²) in [6.45, 7) is 10.3. The molecule has 0 aliphatic carbocycles. The highest BCUT2D eigenvalue weighted by molar-refractivity contribution is 5.29. The maximum absolute atomic E-state index is 13.6. The van der Waals surface area contributed by atoms with Crippen LogP contribution in [-0.2, 0) is 0 Å². The Kier molecular flexibility index (Phi) is 6.81. The van der Waals surface area contributed by atoms with Gasteiger partial charge < -0.3 is 15.3 Å². The molecule has 0 aromatic heterocycles. The van der Waals surface area contributed by atoms with E-state index in [0.29, 0.717) is 5.56 Å². The van der Waals surface area contributed by atoms with Crippen LogP contribution in [0.25, 0.3) is 0 Å². The molecule has 0 radical (unpaired) electrons. The molecule has 0 aliphatic rings. The summed E-state index contributed by atoms with van der Waals surface area (Å²) in [5.74, 6) is -0.390. The number of hydrogen-bond donors (Lipinski definition) is 2. The summed E-state index contributed by atoms with van der Waals surface area (Å²) >= 11 is 0. The first kappa shape index (κ1) is 15.9. The Morgan fingerprint density at radius 1 is 1.32 bits per heavy atom. The number of aromatic hydroxyl groups is 1. The standard InChI is InChI=1S/C15H25FN2O/c1-4-18(5-2)10-6-9-17-12(3)14-8-7-13(19)11-15(14)16/h7-8,11-12,17,19H,4-6,9-10H2,1-3H3. The van der Waals surface area contributed by atoms with Gasteiger partial charge in [-0.05, 0) is 45.6 Å². The Morgan fingerprint density at radius 3 is 2.58 bits per heavy atom. The predicted octanol–water partition coefficient (Wildman–Crippen LogP) is 2.91. The van der Waals surface area contributed by atoms with Crippen LogP contribution in [0.15, 0.2) is 18.2 Å². The van der Waals surface area contributed by atoms with Crippen molar-refractivity contribution in [1.29, 1.82) is 0 Å². The normalized spacial score (nSPS) is 12.9. The number of rotatable bonds is 8. The first-order valence-corrected chi connectivity index (χ1v) is 7.02. The van der Waals surface area contributed by atoms with Gasteiger partial charge in [0.05, 0.1) is 0 Å². The Bertz CT molecular complexity index is 380. The van der Waals surface area contributed by atoms with Crippen molar-refractivity contribution in [2.75, 3.05) is 26.2 Å². The number of nitrogens with zero attached hydrogens (tertiary/aromatic N) is 1. The van der Waals surface area contributed by atoms with E-state index in [9.17, 15) is 9.50 Å². The fraction of sp³-hybridized carbons (Fsp3) is 0.600. The molecule has 0 fully saturated rings. The molecule has 0 saturated carbocycles. The van der Waals surface area contributed by atoms with Crippen LogP contribution in [0.4, 0.5) is 4.39 Å². The van der Waals surface area contributed by atoms with Gasteiger partial charge in [0.1, 0.15) is 11.6 Å². The zero-order valence-corrected chi connectivity index (χ0v) is 12.1. The molecule has 3 nitrogen and oxygen atoms in total. The number of nitrogens with one attached hydrogen (secondary N) is 1. The monoisotopic (exact) mass is 268 g/mol. The summed E-state index contributed by atoms with van der Waals surface area (Å²) in [5.41, 5.74) is 0.598. The zero-order chi connectivity index (χ0) is 14.3. The Hall–Kier alpha value is -1.13. The second kappa shape index (κ2) is 8.12. The van der Waals surface area contributed by atoms with Crippen molar-refractivity contribution in [3.05, 3.63) is 29.6 Å². The third kappa shape index (κ3) is 5.17. The second-order valence-corrected chi connectivity index (χ2v) is 4.76. The lowest BCUT2D eigenvalue weighted by Crippen LogP contribution is -2.28. The minimum absolute atomic E-state index is 0.0324. The molecule has 1 unspecified atom stereocenters. The van der Waals surface area contributed by atoms with Crippen LogP contribution in [0.3, 0.4) is 0 Å². The fourth-order valence-electron chi connectivity index (χ4n) is 2.14. The average molecular weight is 268 g/mol. The van der Waals surface area contributed by atoms with E-state index in [-0.39, 0.29) is 17.6 Å². The summed E-state index contributed by atoms with van der Waals surface area (Å²) in [6.07, 6.45) is 1.05. The summed E-state index contributed by atoms with van der Waals surface area (Å²) in [5, 5.41) is 12.5. The molecule has 0 spiro atoms. The molecule has 1 atom stereocenters. The lowest BCUT2D eigenvalue weighted by Gasteiger charge is -2.19. The minimum atomic E-state index is -0.358. The molecule has 0 heterocycles. The van der Waals surface area contributed by atoms with Crippen LogP contribution in [0.2, 0.25) is 0 Å². The van der Waals surface area contributed by atoms with E-state index in [4.69, 9.17) is 0 Å². The number of hydrogen-bond acceptors (Lipinski definition) is 3. The number of halogens is 1. The van der Waals surface area contributed by atoms with Gasteiger partial charge in [-0.15, -0.1) is 0 Å². The summed E-state index contributed by atoms with van der Waals surface area (Å²) < 4.78 is 13.6. The number of benzene rings is 1. The molecule has 4 heteroatoms. The van der Waals surface area contributed by atoms with Gasteiger partial charge in [-0.25, -0.2) is 4.39 Å². The third-order valence-corrected chi connectivity index (χ3v) is 3.45. The van der Waals surface area contributed by atoms with Crippen LogP contribution in [0, 0.1) is 5.82 Å². The molecular formula is C15H25FN2O. The van der Waals surface area contributed by atoms with Crippen LogP contribution in [0.1, 0.15) is 38.8 Å². The van der Waals surface area contributed by atoms with E-state index in [1.807, 2.05) is 6.92 Å². The van der Waals surface area contributed by atoms with Gasteiger partial charge in [0.25, 0.3) is 0 Å². The summed E-state index contributed by atoms with van der Waals surface area (Å²) in [7, 11) is 0. The maximum atomic E-state index is 13.6. The average Bonchev–Trinajstić information content (AvgIpc) is 2.38. The van der Waals surface area contributed by atoms with Crippen molar-refractivity contribution in [3.63, 3.8) is 0 Å². The smallest absolute Gasteiger partial charge is 0.131 e. The van der Waals surface area contributed by atoms with E-state index in [1.165, 1.54) is 6.07 Å². The first-order valence-electron chi connectivity index (χ1n) is 7.02. The van der Waals surface area contributed by atoms with Gasteiger partial charge in [-0.3, -0.25) is 0 Å². The quantitative estimate of drug-likeness (QED) is 0.712. The van der Waals surface area contributed by atoms with E-state index < -0.39 is 0 Å². The molecule has 0 amide bonds. The van der Waals surface area contributed by atoms with Gasteiger partial charge in [-0.1, -0.05) is 19.9 Å². The van der Waals surface area contributed by atoms with Crippen molar-refractivity contribution < 1.29 is 9.50 Å². The summed E-state index contributed by atoms with van der Waals surface area (Å²) in [6, 6.07) is 4.26. The Morgan fingerprint density at radius 2 is 2.00 bits per heavy atom. The topological polar surface area (TPSA) is 35.5 Å².